The Morgan fingerprint density at radius 2 is 2.00 bits per heavy atom. The number of rotatable bonds is 3. The first kappa shape index (κ1) is 10.3. The highest BCUT2D eigenvalue weighted by Gasteiger charge is 2.22. The maximum absolute atomic E-state index is 6.08. The monoisotopic (exact) mass is 203 g/mol. The molecular formula is C12H17N3. The quantitative estimate of drug-likeness (QED) is 0.754. The molecule has 1 aromatic rings. The second kappa shape index (κ2) is 4.55. The Hall–Kier alpha value is -1.19. The Morgan fingerprint density at radius 1 is 1.40 bits per heavy atom. The first-order valence-electron chi connectivity index (χ1n) is 5.28. The van der Waals surface area contributed by atoms with Gasteiger partial charge in [0.15, 0.2) is 0 Å². The smallest absolute Gasteiger partial charge is 0.0628 e. The zero-order valence-corrected chi connectivity index (χ0v) is 9.06. The average molecular weight is 203 g/mol. The van der Waals surface area contributed by atoms with Gasteiger partial charge in [0.1, 0.15) is 0 Å². The lowest BCUT2D eigenvalue weighted by Crippen LogP contribution is -2.38. The van der Waals surface area contributed by atoms with Crippen molar-refractivity contribution in [2.24, 2.45) is 10.7 Å². The molecule has 0 saturated heterocycles. The van der Waals surface area contributed by atoms with Crippen molar-refractivity contribution in [2.75, 3.05) is 7.05 Å². The molecule has 3 nitrogen and oxygen atoms in total. The van der Waals surface area contributed by atoms with E-state index in [2.05, 4.69) is 34.2 Å². The Bertz CT molecular complexity index is 335. The molecule has 0 radical (unpaired) electrons. The van der Waals surface area contributed by atoms with E-state index in [1.54, 1.807) is 7.05 Å². The summed E-state index contributed by atoms with van der Waals surface area (Å²) in [5.41, 5.74) is 8.89. The molecular weight excluding hydrogens is 186 g/mol. The number of aliphatic imine (C=N–C) groups is 1. The highest BCUT2D eigenvalue weighted by Crippen LogP contribution is 2.23. The highest BCUT2D eigenvalue weighted by molar-refractivity contribution is 5.57. The van der Waals surface area contributed by atoms with Crippen molar-refractivity contribution in [1.82, 2.24) is 4.90 Å². The number of hydrogen-bond acceptors (Lipinski definition) is 3. The van der Waals surface area contributed by atoms with Crippen LogP contribution in [0.15, 0.2) is 29.3 Å². The molecule has 1 aliphatic heterocycles. The summed E-state index contributed by atoms with van der Waals surface area (Å²) < 4.78 is 0. The van der Waals surface area contributed by atoms with E-state index in [0.717, 1.165) is 19.5 Å². The summed E-state index contributed by atoms with van der Waals surface area (Å²) in [6.07, 6.45) is 2.79. The fourth-order valence-corrected chi connectivity index (χ4v) is 1.96. The Balaban J connectivity index is 2.00. The lowest BCUT2D eigenvalue weighted by molar-refractivity contribution is 0.209. The largest absolute Gasteiger partial charge is 0.315 e. The van der Waals surface area contributed by atoms with Gasteiger partial charge in [0.2, 0.25) is 0 Å². The summed E-state index contributed by atoms with van der Waals surface area (Å²) >= 11 is 0. The van der Waals surface area contributed by atoms with Crippen LogP contribution >= 0.6 is 0 Å². The summed E-state index contributed by atoms with van der Waals surface area (Å²) in [7, 11) is 1.78. The molecule has 80 valence electrons. The minimum absolute atomic E-state index is 0.0844. The summed E-state index contributed by atoms with van der Waals surface area (Å²) in [4.78, 5) is 6.25. The molecule has 1 aliphatic rings. The van der Waals surface area contributed by atoms with E-state index < -0.39 is 0 Å². The van der Waals surface area contributed by atoms with Gasteiger partial charge >= 0.3 is 0 Å². The summed E-state index contributed by atoms with van der Waals surface area (Å²) in [6.45, 7) is 1.93. The number of benzene rings is 1. The average Bonchev–Trinajstić information content (AvgIpc) is 2.69. The molecule has 1 atom stereocenters. The predicted octanol–water partition coefficient (Wildman–Crippen LogP) is 1.38. The zero-order chi connectivity index (χ0) is 10.7. The third kappa shape index (κ3) is 2.25. The van der Waals surface area contributed by atoms with Crippen LogP contribution in [0, 0.1) is 0 Å². The van der Waals surface area contributed by atoms with E-state index in [1.807, 2.05) is 6.21 Å². The van der Waals surface area contributed by atoms with Crippen LogP contribution in [-0.2, 0) is 13.1 Å². The van der Waals surface area contributed by atoms with Gasteiger partial charge in [0, 0.05) is 32.8 Å². The van der Waals surface area contributed by atoms with Crippen molar-refractivity contribution in [2.45, 2.75) is 25.7 Å². The molecule has 0 amide bonds. The van der Waals surface area contributed by atoms with Gasteiger partial charge < -0.3 is 10.7 Å². The van der Waals surface area contributed by atoms with Crippen LogP contribution in [0.2, 0.25) is 0 Å². The van der Waals surface area contributed by atoms with Crippen molar-refractivity contribution in [1.29, 1.82) is 0 Å². The van der Waals surface area contributed by atoms with Crippen molar-refractivity contribution in [3.05, 3.63) is 35.4 Å². The third-order valence-electron chi connectivity index (χ3n) is 2.86. The van der Waals surface area contributed by atoms with Crippen LogP contribution in [-0.4, -0.2) is 24.3 Å². The molecule has 1 aromatic carbocycles. The minimum Gasteiger partial charge on any atom is -0.315 e. The maximum atomic E-state index is 6.08. The Morgan fingerprint density at radius 3 is 2.53 bits per heavy atom. The number of nitrogens with two attached hydrogens (primary N) is 1. The van der Waals surface area contributed by atoms with E-state index in [0.29, 0.717) is 0 Å². The number of hydrogen-bond donors (Lipinski definition) is 1. The van der Waals surface area contributed by atoms with E-state index in [9.17, 15) is 0 Å². The molecule has 0 fully saturated rings. The van der Waals surface area contributed by atoms with Crippen LogP contribution in [0.5, 0.6) is 0 Å². The molecule has 1 unspecified atom stereocenters. The normalized spacial score (nSPS) is 18.3. The molecule has 3 heteroatoms. The first-order chi connectivity index (χ1) is 7.31. The van der Waals surface area contributed by atoms with E-state index in [-0.39, 0.29) is 6.17 Å². The van der Waals surface area contributed by atoms with Crippen LogP contribution < -0.4 is 5.73 Å². The first-order valence-corrected chi connectivity index (χ1v) is 5.28. The summed E-state index contributed by atoms with van der Waals surface area (Å²) in [5.74, 6) is 0. The number of fused-ring (bicyclic) bond motifs is 1. The highest BCUT2D eigenvalue weighted by atomic mass is 15.2. The predicted molar refractivity (Wildman–Crippen MR) is 62.7 cm³/mol. The lowest BCUT2D eigenvalue weighted by Gasteiger charge is -2.21. The fourth-order valence-electron chi connectivity index (χ4n) is 1.96. The molecule has 2 rings (SSSR count). The van der Waals surface area contributed by atoms with Crippen LogP contribution in [0.1, 0.15) is 17.5 Å². The molecule has 0 bridgehead atoms. The standard InChI is InChI=1S/C12H17N3/c1-14-7-6-12(13)15-8-10-4-2-3-5-11(10)9-15/h2-5,7,12H,6,8-9,13H2,1H3. The van der Waals surface area contributed by atoms with E-state index >= 15 is 0 Å². The van der Waals surface area contributed by atoms with Gasteiger partial charge in [-0.3, -0.25) is 4.90 Å². The molecule has 0 saturated carbocycles. The fraction of sp³-hybridized carbons (Fsp3) is 0.417. The van der Waals surface area contributed by atoms with Crippen molar-refractivity contribution >= 4 is 6.21 Å². The van der Waals surface area contributed by atoms with Crippen molar-refractivity contribution in [3.63, 3.8) is 0 Å². The molecule has 15 heavy (non-hydrogen) atoms. The van der Waals surface area contributed by atoms with Gasteiger partial charge in [0.05, 0.1) is 6.17 Å². The summed E-state index contributed by atoms with van der Waals surface area (Å²) in [6, 6.07) is 8.52. The van der Waals surface area contributed by atoms with Crippen LogP contribution in [0.4, 0.5) is 0 Å². The van der Waals surface area contributed by atoms with Crippen molar-refractivity contribution in [3.8, 4) is 0 Å². The van der Waals surface area contributed by atoms with Crippen LogP contribution in [0.3, 0.4) is 0 Å². The zero-order valence-electron chi connectivity index (χ0n) is 9.06. The second-order valence-corrected chi connectivity index (χ2v) is 3.92. The summed E-state index contributed by atoms with van der Waals surface area (Å²) in [5, 5.41) is 0. The minimum atomic E-state index is 0.0844. The van der Waals surface area contributed by atoms with Gasteiger partial charge in [-0.15, -0.1) is 0 Å². The molecule has 0 aliphatic carbocycles. The van der Waals surface area contributed by atoms with Gasteiger partial charge in [-0.1, -0.05) is 24.3 Å². The van der Waals surface area contributed by atoms with Gasteiger partial charge in [-0.25, -0.2) is 0 Å². The Labute approximate surface area is 90.6 Å². The molecule has 0 spiro atoms. The topological polar surface area (TPSA) is 41.6 Å². The molecule has 2 N–H and O–H groups in total. The van der Waals surface area contributed by atoms with E-state index in [4.69, 9.17) is 5.73 Å². The lowest BCUT2D eigenvalue weighted by atomic mass is 10.1. The molecule has 1 heterocycles. The van der Waals surface area contributed by atoms with Gasteiger partial charge in [-0.05, 0) is 11.1 Å². The maximum Gasteiger partial charge on any atom is 0.0628 e. The van der Waals surface area contributed by atoms with Crippen LogP contribution in [0.25, 0.3) is 0 Å². The van der Waals surface area contributed by atoms with Gasteiger partial charge in [0.25, 0.3) is 0 Å². The second-order valence-electron chi connectivity index (χ2n) is 3.92. The SMILES string of the molecule is CN=CCC(N)N1Cc2ccccc2C1. The van der Waals surface area contributed by atoms with E-state index in [1.165, 1.54) is 11.1 Å². The number of nitrogens with zero attached hydrogens (tertiary/aromatic N) is 2. The molecule has 0 aromatic heterocycles. The Kier molecular flexibility index (Phi) is 3.14. The van der Waals surface area contributed by atoms with Crippen molar-refractivity contribution < 1.29 is 0 Å². The third-order valence-corrected chi connectivity index (χ3v) is 2.86. The van der Waals surface area contributed by atoms with Gasteiger partial charge in [-0.2, -0.15) is 0 Å².